The molecular formula is C16H29N7O7. The van der Waals surface area contributed by atoms with Crippen LogP contribution in [0.4, 0.5) is 0 Å². The first-order chi connectivity index (χ1) is 13.8. The number of rotatable bonds is 13. The van der Waals surface area contributed by atoms with Gasteiger partial charge in [-0.05, 0) is 26.7 Å². The van der Waals surface area contributed by atoms with E-state index in [4.69, 9.17) is 22.3 Å². The van der Waals surface area contributed by atoms with E-state index in [1.165, 1.54) is 13.8 Å². The Morgan fingerprint density at radius 2 is 1.40 bits per heavy atom. The molecule has 170 valence electrons. The lowest BCUT2D eigenvalue weighted by atomic mass is 10.1. The van der Waals surface area contributed by atoms with Crippen molar-refractivity contribution in [1.82, 2.24) is 16.0 Å². The van der Waals surface area contributed by atoms with Crippen LogP contribution in [0, 0.1) is 0 Å². The highest BCUT2D eigenvalue weighted by Crippen LogP contribution is 2.00. The standard InChI is InChI=1S/C16H29N7O7/c1-7(22-14(28)9(17)6-11(24)25)12(26)21-8(2)13(27)23-10(15(29)30)4-3-5-20-16(18)19/h7-10H,3-6,17H2,1-2H3,(H,21,26)(H,22,28)(H,23,27)(H,24,25)(H,29,30)(H4,18,19,20). The van der Waals surface area contributed by atoms with Crippen LogP contribution in [0.15, 0.2) is 4.99 Å². The summed E-state index contributed by atoms with van der Waals surface area (Å²) in [7, 11) is 0. The lowest BCUT2D eigenvalue weighted by molar-refractivity contribution is -0.142. The molecule has 14 nitrogen and oxygen atoms in total. The maximum absolute atomic E-state index is 12.2. The second-order valence-corrected chi connectivity index (χ2v) is 6.51. The minimum atomic E-state index is -1.34. The number of aliphatic imine (C=N–C) groups is 1. The summed E-state index contributed by atoms with van der Waals surface area (Å²) in [4.78, 5) is 61.6. The fourth-order valence-corrected chi connectivity index (χ4v) is 2.13. The molecule has 0 radical (unpaired) electrons. The number of guanidine groups is 1. The topological polar surface area (TPSA) is 252 Å². The van der Waals surface area contributed by atoms with Crippen LogP contribution in [-0.4, -0.2) is 76.5 Å². The molecule has 14 heteroatoms. The molecule has 0 fully saturated rings. The monoisotopic (exact) mass is 431 g/mol. The summed E-state index contributed by atoms with van der Waals surface area (Å²) >= 11 is 0. The van der Waals surface area contributed by atoms with Crippen molar-refractivity contribution in [3.05, 3.63) is 0 Å². The predicted octanol–water partition coefficient (Wildman–Crippen LogP) is -3.58. The molecule has 0 saturated carbocycles. The lowest BCUT2D eigenvalue weighted by Gasteiger charge is -2.21. The Labute approximate surface area is 172 Å². The van der Waals surface area contributed by atoms with Gasteiger partial charge in [0.25, 0.3) is 0 Å². The number of hydrogen-bond donors (Lipinski definition) is 8. The SMILES string of the molecule is CC(NC(=O)C(N)CC(=O)O)C(=O)NC(C)C(=O)NC(CCCN=C(N)N)C(=O)O. The van der Waals surface area contributed by atoms with Crippen LogP contribution in [0.5, 0.6) is 0 Å². The van der Waals surface area contributed by atoms with Crippen molar-refractivity contribution >= 4 is 35.6 Å². The summed E-state index contributed by atoms with van der Waals surface area (Å²) in [6, 6.07) is -4.77. The van der Waals surface area contributed by atoms with Crippen molar-refractivity contribution in [2.24, 2.45) is 22.2 Å². The molecule has 0 aromatic heterocycles. The van der Waals surface area contributed by atoms with E-state index in [0.717, 1.165) is 0 Å². The van der Waals surface area contributed by atoms with Crippen LogP contribution in [0.2, 0.25) is 0 Å². The highest BCUT2D eigenvalue weighted by atomic mass is 16.4. The fourth-order valence-electron chi connectivity index (χ4n) is 2.13. The Bertz CT molecular complexity index is 679. The first-order valence-electron chi connectivity index (χ1n) is 9.01. The van der Waals surface area contributed by atoms with Gasteiger partial charge in [-0.25, -0.2) is 4.79 Å². The van der Waals surface area contributed by atoms with Gasteiger partial charge in [-0.2, -0.15) is 0 Å². The van der Waals surface area contributed by atoms with Crippen molar-refractivity contribution in [3.63, 3.8) is 0 Å². The Kier molecular flexibility index (Phi) is 11.5. The van der Waals surface area contributed by atoms with Crippen molar-refractivity contribution in [3.8, 4) is 0 Å². The number of carboxylic acids is 2. The quantitative estimate of drug-likeness (QED) is 0.0808. The maximum Gasteiger partial charge on any atom is 0.326 e. The minimum absolute atomic E-state index is 0.0620. The molecule has 0 aromatic rings. The number of hydrogen-bond acceptors (Lipinski definition) is 7. The summed E-state index contributed by atoms with van der Waals surface area (Å²) in [6.07, 6.45) is -0.249. The average molecular weight is 431 g/mol. The third kappa shape index (κ3) is 10.8. The van der Waals surface area contributed by atoms with Gasteiger partial charge in [0, 0.05) is 6.54 Å². The average Bonchev–Trinajstić information content (AvgIpc) is 2.62. The van der Waals surface area contributed by atoms with Crippen LogP contribution in [-0.2, 0) is 24.0 Å². The van der Waals surface area contributed by atoms with Crippen LogP contribution >= 0.6 is 0 Å². The summed E-state index contributed by atoms with van der Waals surface area (Å²) in [5, 5.41) is 24.7. The van der Waals surface area contributed by atoms with E-state index < -0.39 is 60.2 Å². The predicted molar refractivity (Wildman–Crippen MR) is 105 cm³/mol. The van der Waals surface area contributed by atoms with Gasteiger partial charge in [-0.1, -0.05) is 0 Å². The first-order valence-corrected chi connectivity index (χ1v) is 9.01. The fraction of sp³-hybridized carbons (Fsp3) is 0.625. The van der Waals surface area contributed by atoms with E-state index in [9.17, 15) is 29.1 Å². The molecule has 3 amide bonds. The molecule has 0 spiro atoms. The highest BCUT2D eigenvalue weighted by Gasteiger charge is 2.26. The van der Waals surface area contributed by atoms with E-state index >= 15 is 0 Å². The molecule has 0 saturated heterocycles. The normalized spacial score (nSPS) is 14.4. The largest absolute Gasteiger partial charge is 0.481 e. The van der Waals surface area contributed by atoms with E-state index in [2.05, 4.69) is 20.9 Å². The van der Waals surface area contributed by atoms with E-state index in [1.54, 1.807) is 0 Å². The van der Waals surface area contributed by atoms with E-state index in [-0.39, 0.29) is 18.9 Å². The number of carbonyl (C=O) groups excluding carboxylic acids is 3. The molecule has 0 rings (SSSR count). The Morgan fingerprint density at radius 3 is 1.87 bits per heavy atom. The molecule has 0 aliphatic heterocycles. The lowest BCUT2D eigenvalue weighted by Crippen LogP contribution is -2.55. The maximum atomic E-state index is 12.2. The summed E-state index contributed by atoms with van der Waals surface area (Å²) in [6.45, 7) is 2.83. The molecule has 11 N–H and O–H groups in total. The minimum Gasteiger partial charge on any atom is -0.481 e. The zero-order valence-electron chi connectivity index (χ0n) is 16.8. The highest BCUT2D eigenvalue weighted by molar-refractivity contribution is 5.94. The molecule has 0 aromatic carbocycles. The molecule has 30 heavy (non-hydrogen) atoms. The Balaban J connectivity index is 4.64. The third-order valence-electron chi connectivity index (χ3n) is 3.80. The van der Waals surface area contributed by atoms with Gasteiger partial charge in [-0.15, -0.1) is 0 Å². The third-order valence-corrected chi connectivity index (χ3v) is 3.80. The Morgan fingerprint density at radius 1 is 0.900 bits per heavy atom. The number of nitrogens with zero attached hydrogens (tertiary/aromatic N) is 1. The first kappa shape index (κ1) is 26.6. The second-order valence-electron chi connectivity index (χ2n) is 6.51. The number of nitrogens with one attached hydrogen (secondary N) is 3. The molecule has 4 unspecified atom stereocenters. The number of amides is 3. The molecule has 0 bridgehead atoms. The smallest absolute Gasteiger partial charge is 0.326 e. The summed E-state index contributed by atoms with van der Waals surface area (Å²) < 4.78 is 0. The number of carbonyl (C=O) groups is 5. The molecular weight excluding hydrogens is 402 g/mol. The number of nitrogens with two attached hydrogens (primary N) is 3. The van der Waals surface area contributed by atoms with Gasteiger partial charge in [-0.3, -0.25) is 24.2 Å². The zero-order chi connectivity index (χ0) is 23.4. The van der Waals surface area contributed by atoms with Crippen molar-refractivity contribution in [2.45, 2.75) is 57.3 Å². The molecule has 0 heterocycles. The van der Waals surface area contributed by atoms with Crippen LogP contribution < -0.4 is 33.2 Å². The second kappa shape index (κ2) is 12.9. The Hall–Kier alpha value is -3.42. The van der Waals surface area contributed by atoms with Crippen LogP contribution in [0.25, 0.3) is 0 Å². The molecule has 0 aliphatic rings. The van der Waals surface area contributed by atoms with Gasteiger partial charge in [0.1, 0.15) is 18.1 Å². The van der Waals surface area contributed by atoms with Gasteiger partial charge < -0.3 is 43.4 Å². The van der Waals surface area contributed by atoms with Crippen molar-refractivity contribution in [2.75, 3.05) is 6.54 Å². The zero-order valence-corrected chi connectivity index (χ0v) is 16.8. The summed E-state index contributed by atoms with van der Waals surface area (Å²) in [5.41, 5.74) is 15.7. The van der Waals surface area contributed by atoms with E-state index in [0.29, 0.717) is 6.42 Å². The summed E-state index contributed by atoms with van der Waals surface area (Å²) in [5.74, 6) is -5.01. The van der Waals surface area contributed by atoms with Gasteiger partial charge in [0.05, 0.1) is 12.5 Å². The van der Waals surface area contributed by atoms with Gasteiger partial charge >= 0.3 is 11.9 Å². The number of aliphatic carboxylic acids is 2. The molecule has 0 aliphatic carbocycles. The van der Waals surface area contributed by atoms with Gasteiger partial charge in [0.15, 0.2) is 5.96 Å². The van der Waals surface area contributed by atoms with Crippen molar-refractivity contribution in [1.29, 1.82) is 0 Å². The van der Waals surface area contributed by atoms with E-state index in [1.807, 2.05) is 0 Å². The van der Waals surface area contributed by atoms with Crippen LogP contribution in [0.1, 0.15) is 33.1 Å². The van der Waals surface area contributed by atoms with Gasteiger partial charge in [0.2, 0.25) is 17.7 Å². The number of carboxylic acid groups (broad SMARTS) is 2. The van der Waals surface area contributed by atoms with Crippen LogP contribution in [0.3, 0.4) is 0 Å². The molecule has 4 atom stereocenters. The van der Waals surface area contributed by atoms with Crippen molar-refractivity contribution < 1.29 is 34.2 Å².